The van der Waals surface area contributed by atoms with Gasteiger partial charge in [-0.15, -0.1) is 11.3 Å². The molecule has 0 radical (unpaired) electrons. The third-order valence-corrected chi connectivity index (χ3v) is 5.27. The maximum absolute atomic E-state index is 11.9. The van der Waals surface area contributed by atoms with Gasteiger partial charge in [0.05, 0.1) is 10.6 Å². The molecule has 0 aliphatic rings. The summed E-state index contributed by atoms with van der Waals surface area (Å²) in [5.74, 6) is -0.267. The minimum absolute atomic E-state index is 0.182. The third kappa shape index (κ3) is 7.07. The number of hydrazine groups is 1. The molecule has 29 heavy (non-hydrogen) atoms. The first-order valence-electron chi connectivity index (χ1n) is 8.99. The topological polar surface area (TPSA) is 89.0 Å². The van der Waals surface area contributed by atoms with Crippen LogP contribution in [0.1, 0.15) is 42.7 Å². The summed E-state index contributed by atoms with van der Waals surface area (Å²) in [7, 11) is 0. The monoisotopic (exact) mass is 437 g/mol. The van der Waals surface area contributed by atoms with E-state index >= 15 is 0 Å². The molecule has 0 unspecified atom stereocenters. The number of thiophene rings is 1. The lowest BCUT2D eigenvalue weighted by atomic mass is 10.0. The lowest BCUT2D eigenvalue weighted by molar-refractivity contribution is -0.132. The van der Waals surface area contributed by atoms with Crippen molar-refractivity contribution in [3.05, 3.63) is 50.7 Å². The number of halogens is 1. The average Bonchev–Trinajstić information content (AvgIpc) is 3.21. The largest absolute Gasteiger partial charge is 0.483 e. The molecule has 0 aliphatic heterocycles. The van der Waals surface area contributed by atoms with Gasteiger partial charge in [-0.2, -0.15) is 0 Å². The number of nitrogens with zero attached hydrogens (tertiary/aromatic N) is 1. The zero-order valence-electron chi connectivity index (χ0n) is 16.7. The lowest BCUT2D eigenvalue weighted by Gasteiger charge is -2.16. The van der Waals surface area contributed by atoms with Crippen LogP contribution in [0, 0.1) is 6.92 Å². The zero-order chi connectivity index (χ0) is 21.4. The number of rotatable bonds is 8. The fraction of sp³-hybridized carbons (Fsp3) is 0.350. The molecule has 0 saturated heterocycles. The van der Waals surface area contributed by atoms with Gasteiger partial charge in [0, 0.05) is 5.02 Å². The lowest BCUT2D eigenvalue weighted by Crippen LogP contribution is -2.45. The van der Waals surface area contributed by atoms with Gasteiger partial charge in [-0.25, -0.2) is 0 Å². The number of ether oxygens (including phenoxy) is 1. The second-order valence-electron chi connectivity index (χ2n) is 6.61. The Morgan fingerprint density at radius 3 is 2.52 bits per heavy atom. The molecule has 0 fully saturated rings. The molecule has 1 aromatic carbocycles. The Morgan fingerprint density at radius 1 is 1.21 bits per heavy atom. The van der Waals surface area contributed by atoms with Crippen LogP contribution in [0.4, 0.5) is 0 Å². The fourth-order valence-electron chi connectivity index (χ4n) is 2.32. The highest BCUT2D eigenvalue weighted by Gasteiger charge is 2.13. The Morgan fingerprint density at radius 2 is 1.90 bits per heavy atom. The van der Waals surface area contributed by atoms with Gasteiger partial charge >= 0.3 is 0 Å². The summed E-state index contributed by atoms with van der Waals surface area (Å²) in [6.07, 6.45) is 0. The zero-order valence-corrected chi connectivity index (χ0v) is 18.3. The summed E-state index contributed by atoms with van der Waals surface area (Å²) in [5.41, 5.74) is 6.97. The van der Waals surface area contributed by atoms with Crippen LogP contribution in [0.25, 0.3) is 0 Å². The number of hydrogen-bond donors (Lipinski definition) is 2. The first-order valence-corrected chi connectivity index (χ1v) is 10.2. The highest BCUT2D eigenvalue weighted by molar-refractivity contribution is 7.12. The first kappa shape index (κ1) is 22.7. The Labute approximate surface area is 179 Å². The van der Waals surface area contributed by atoms with Crippen LogP contribution in [-0.2, 0) is 14.4 Å². The molecule has 0 spiro atoms. The van der Waals surface area contributed by atoms with E-state index in [-0.39, 0.29) is 19.1 Å². The maximum atomic E-state index is 11.9. The number of hydrogen-bond acceptors (Lipinski definition) is 6. The molecule has 0 bridgehead atoms. The predicted molar refractivity (Wildman–Crippen MR) is 115 cm³/mol. The highest BCUT2D eigenvalue weighted by Crippen LogP contribution is 2.31. The van der Waals surface area contributed by atoms with Gasteiger partial charge in [-0.3, -0.25) is 20.4 Å². The van der Waals surface area contributed by atoms with E-state index in [0.717, 1.165) is 16.0 Å². The molecule has 0 saturated carbocycles. The van der Waals surface area contributed by atoms with Crippen molar-refractivity contribution in [1.29, 1.82) is 0 Å². The third-order valence-electron chi connectivity index (χ3n) is 3.89. The Bertz CT molecular complexity index is 882. The van der Waals surface area contributed by atoms with Crippen LogP contribution in [0.3, 0.4) is 0 Å². The van der Waals surface area contributed by atoms with Gasteiger partial charge in [0.25, 0.3) is 11.8 Å². The molecule has 9 heteroatoms. The second kappa shape index (κ2) is 10.8. The number of oxime groups is 1. The van der Waals surface area contributed by atoms with Gasteiger partial charge in [0.2, 0.25) is 0 Å². The molecule has 7 nitrogen and oxygen atoms in total. The smallest absolute Gasteiger partial charge is 0.279 e. The Hall–Kier alpha value is -2.58. The number of aryl methyl sites for hydroxylation is 1. The Kier molecular flexibility index (Phi) is 8.48. The minimum Gasteiger partial charge on any atom is -0.483 e. The van der Waals surface area contributed by atoms with Crippen LogP contribution in [0.5, 0.6) is 5.75 Å². The number of carbonyl (C=O) groups excluding carboxylic acids is 2. The SMILES string of the molecule is CC(=NOCC(=O)NNC(=O)COc1cc(C)c(Cl)cc1C(C)C)c1cccs1. The van der Waals surface area contributed by atoms with Gasteiger partial charge in [0.1, 0.15) is 5.75 Å². The van der Waals surface area contributed by atoms with Crippen LogP contribution in [-0.4, -0.2) is 30.7 Å². The van der Waals surface area contributed by atoms with Crippen LogP contribution in [0.2, 0.25) is 5.02 Å². The molecular formula is C20H24ClN3O4S. The van der Waals surface area contributed by atoms with Crippen molar-refractivity contribution in [2.75, 3.05) is 13.2 Å². The van der Waals surface area contributed by atoms with Crippen molar-refractivity contribution in [2.24, 2.45) is 5.16 Å². The normalized spacial score (nSPS) is 11.3. The van der Waals surface area contributed by atoms with Crippen molar-refractivity contribution in [3.63, 3.8) is 0 Å². The first-order chi connectivity index (χ1) is 13.8. The maximum Gasteiger partial charge on any atom is 0.279 e. The fourth-order valence-corrected chi connectivity index (χ4v) is 3.16. The van der Waals surface area contributed by atoms with E-state index in [9.17, 15) is 9.59 Å². The van der Waals surface area contributed by atoms with Crippen LogP contribution >= 0.6 is 22.9 Å². The average molecular weight is 438 g/mol. The van der Waals surface area contributed by atoms with Gasteiger partial charge < -0.3 is 9.57 Å². The summed E-state index contributed by atoms with van der Waals surface area (Å²) in [6.45, 7) is 7.10. The molecule has 156 valence electrons. The summed E-state index contributed by atoms with van der Waals surface area (Å²) in [4.78, 5) is 29.6. The van der Waals surface area contributed by atoms with E-state index < -0.39 is 11.8 Å². The summed E-state index contributed by atoms with van der Waals surface area (Å²) in [5, 5.41) is 6.44. The van der Waals surface area contributed by atoms with Gasteiger partial charge in [-0.1, -0.05) is 36.7 Å². The molecule has 2 N–H and O–H groups in total. The van der Waals surface area contributed by atoms with Crippen molar-refractivity contribution in [2.45, 2.75) is 33.6 Å². The second-order valence-corrected chi connectivity index (χ2v) is 7.96. The molecule has 0 aliphatic carbocycles. The summed E-state index contributed by atoms with van der Waals surface area (Å²) >= 11 is 7.69. The number of amides is 2. The van der Waals surface area contributed by atoms with E-state index in [0.29, 0.717) is 16.5 Å². The van der Waals surface area contributed by atoms with E-state index in [2.05, 4.69) is 16.0 Å². The van der Waals surface area contributed by atoms with Gasteiger partial charge in [0.15, 0.2) is 13.2 Å². The van der Waals surface area contributed by atoms with E-state index in [4.69, 9.17) is 21.2 Å². The van der Waals surface area contributed by atoms with E-state index in [1.165, 1.54) is 11.3 Å². The predicted octanol–water partition coefficient (Wildman–Crippen LogP) is 3.80. The molecular weight excluding hydrogens is 414 g/mol. The van der Waals surface area contributed by atoms with Crippen molar-refractivity contribution < 1.29 is 19.2 Å². The highest BCUT2D eigenvalue weighted by atomic mass is 35.5. The van der Waals surface area contributed by atoms with E-state index in [1.54, 1.807) is 13.0 Å². The molecule has 2 amide bonds. The quantitative estimate of drug-likeness (QED) is 0.485. The number of nitrogens with one attached hydrogen (secondary N) is 2. The van der Waals surface area contributed by atoms with Crippen molar-refractivity contribution in [1.82, 2.24) is 10.9 Å². The Balaban J connectivity index is 1.76. The van der Waals surface area contributed by atoms with Crippen LogP contribution < -0.4 is 15.6 Å². The number of benzene rings is 1. The van der Waals surface area contributed by atoms with Gasteiger partial charge in [-0.05, 0) is 54.5 Å². The number of carbonyl (C=O) groups is 2. The standard InChI is InChI=1S/C20H24ClN3O4S/c1-12(2)15-9-16(21)13(3)8-17(15)27-10-19(25)22-23-20(26)11-28-24-14(4)18-6-5-7-29-18/h5-9,12H,10-11H2,1-4H3,(H,22,25)(H,23,26). The van der Waals surface area contributed by atoms with Crippen LogP contribution in [0.15, 0.2) is 34.8 Å². The molecule has 2 rings (SSSR count). The molecule has 0 atom stereocenters. The van der Waals surface area contributed by atoms with E-state index in [1.807, 2.05) is 44.4 Å². The van der Waals surface area contributed by atoms with Crippen molar-refractivity contribution >= 4 is 40.5 Å². The molecule has 1 heterocycles. The molecule has 2 aromatic rings. The minimum atomic E-state index is -0.536. The summed E-state index contributed by atoms with van der Waals surface area (Å²) in [6, 6.07) is 7.44. The molecule has 1 aromatic heterocycles. The summed E-state index contributed by atoms with van der Waals surface area (Å²) < 4.78 is 5.61. The van der Waals surface area contributed by atoms with Crippen molar-refractivity contribution in [3.8, 4) is 5.75 Å².